The van der Waals surface area contributed by atoms with E-state index in [2.05, 4.69) is 4.57 Å². The normalized spacial score (nSPS) is 17.0. The zero-order valence-corrected chi connectivity index (χ0v) is 16.2. The van der Waals surface area contributed by atoms with Gasteiger partial charge in [0.05, 0.1) is 12.7 Å². The second kappa shape index (κ2) is 7.86. The van der Waals surface area contributed by atoms with E-state index in [9.17, 15) is 9.59 Å². The fourth-order valence-corrected chi connectivity index (χ4v) is 3.99. The van der Waals surface area contributed by atoms with Gasteiger partial charge in [-0.3, -0.25) is 9.59 Å². The third-order valence-corrected chi connectivity index (χ3v) is 5.30. The molecule has 0 bridgehead atoms. The Bertz CT molecular complexity index is 856. The van der Waals surface area contributed by atoms with Crippen LogP contribution in [0.15, 0.2) is 30.3 Å². The number of likely N-dealkylation sites (tertiary alicyclic amines) is 1. The van der Waals surface area contributed by atoms with Crippen molar-refractivity contribution in [2.75, 3.05) is 13.7 Å². The molecule has 1 aromatic carbocycles. The summed E-state index contributed by atoms with van der Waals surface area (Å²) in [5.41, 5.74) is 8.88. The van der Waals surface area contributed by atoms with Crippen molar-refractivity contribution >= 4 is 11.8 Å². The molecule has 1 atom stereocenters. The van der Waals surface area contributed by atoms with Crippen LogP contribution in [0.2, 0.25) is 0 Å². The van der Waals surface area contributed by atoms with E-state index in [0.717, 1.165) is 42.1 Å². The lowest BCUT2D eigenvalue weighted by molar-refractivity contribution is -0.119. The second-order valence-electron chi connectivity index (χ2n) is 7.14. The first kappa shape index (κ1) is 19.0. The zero-order chi connectivity index (χ0) is 19.6. The Kier molecular flexibility index (Phi) is 5.54. The smallest absolute Gasteiger partial charge is 0.255 e. The molecule has 2 N–H and O–H groups in total. The van der Waals surface area contributed by atoms with Gasteiger partial charge in [-0.15, -0.1) is 0 Å². The molecule has 144 valence electrons. The predicted molar refractivity (Wildman–Crippen MR) is 104 cm³/mol. The number of carbonyl (C=O) groups is 2. The summed E-state index contributed by atoms with van der Waals surface area (Å²) in [5.74, 6) is 0.384. The van der Waals surface area contributed by atoms with Gasteiger partial charge in [-0.1, -0.05) is 6.07 Å². The quantitative estimate of drug-likeness (QED) is 0.880. The number of methoxy groups -OCH3 is 1. The number of aryl methyl sites for hydroxylation is 1. The van der Waals surface area contributed by atoms with Crippen LogP contribution in [0.25, 0.3) is 5.69 Å². The summed E-state index contributed by atoms with van der Waals surface area (Å²) in [6.45, 7) is 4.60. The minimum absolute atomic E-state index is 0.0248. The third kappa shape index (κ3) is 3.84. The van der Waals surface area contributed by atoms with Crippen LogP contribution in [0.3, 0.4) is 0 Å². The van der Waals surface area contributed by atoms with Crippen LogP contribution < -0.4 is 10.5 Å². The standard InChI is InChI=1S/C21H27N3O3/c1-14-11-19(15(2)24(14)17-8-6-9-18(12-17)27-3)21(26)23-10-5-4-7-16(23)13-20(22)25/h6,8-9,11-12,16H,4-5,7,10,13H2,1-3H3,(H2,22,25)/t16-/m0/s1. The number of rotatable bonds is 5. The lowest BCUT2D eigenvalue weighted by atomic mass is 9.98. The van der Waals surface area contributed by atoms with Gasteiger partial charge in [0.15, 0.2) is 0 Å². The number of aromatic nitrogens is 1. The lowest BCUT2D eigenvalue weighted by Crippen LogP contribution is -2.45. The molecule has 0 aliphatic carbocycles. The first-order valence-corrected chi connectivity index (χ1v) is 9.35. The summed E-state index contributed by atoms with van der Waals surface area (Å²) in [4.78, 5) is 26.5. The Morgan fingerprint density at radius 3 is 2.70 bits per heavy atom. The van der Waals surface area contributed by atoms with Crippen LogP contribution in [-0.2, 0) is 4.79 Å². The molecular formula is C21H27N3O3. The molecule has 2 amide bonds. The Balaban J connectivity index is 1.95. The third-order valence-electron chi connectivity index (χ3n) is 5.30. The highest BCUT2D eigenvalue weighted by atomic mass is 16.5. The number of hydrogen-bond acceptors (Lipinski definition) is 3. The van der Waals surface area contributed by atoms with Crippen LogP contribution in [0, 0.1) is 13.8 Å². The lowest BCUT2D eigenvalue weighted by Gasteiger charge is -2.35. The van der Waals surface area contributed by atoms with Crippen molar-refractivity contribution in [3.8, 4) is 11.4 Å². The number of benzene rings is 1. The zero-order valence-electron chi connectivity index (χ0n) is 16.2. The topological polar surface area (TPSA) is 77.6 Å². The summed E-state index contributed by atoms with van der Waals surface area (Å²) in [5, 5.41) is 0. The van der Waals surface area contributed by atoms with E-state index in [1.54, 1.807) is 7.11 Å². The molecule has 1 aliphatic heterocycles. The van der Waals surface area contributed by atoms with Gasteiger partial charge in [0.1, 0.15) is 5.75 Å². The van der Waals surface area contributed by atoms with Gasteiger partial charge in [0, 0.05) is 42.1 Å². The van der Waals surface area contributed by atoms with E-state index in [1.165, 1.54) is 0 Å². The average Bonchev–Trinajstić information content (AvgIpc) is 2.95. The molecule has 2 aromatic rings. The van der Waals surface area contributed by atoms with E-state index >= 15 is 0 Å². The number of amides is 2. The van der Waals surface area contributed by atoms with E-state index in [1.807, 2.05) is 49.1 Å². The van der Waals surface area contributed by atoms with E-state index in [0.29, 0.717) is 12.1 Å². The molecule has 1 saturated heterocycles. The minimum atomic E-state index is -0.360. The monoisotopic (exact) mass is 369 g/mol. The van der Waals surface area contributed by atoms with Gasteiger partial charge < -0.3 is 19.9 Å². The van der Waals surface area contributed by atoms with E-state index < -0.39 is 0 Å². The summed E-state index contributed by atoms with van der Waals surface area (Å²) >= 11 is 0. The van der Waals surface area contributed by atoms with Crippen LogP contribution in [-0.4, -0.2) is 41.0 Å². The van der Waals surface area contributed by atoms with Crippen molar-refractivity contribution in [1.82, 2.24) is 9.47 Å². The largest absolute Gasteiger partial charge is 0.497 e. The fraction of sp³-hybridized carbons (Fsp3) is 0.429. The summed E-state index contributed by atoms with van der Waals surface area (Å²) < 4.78 is 7.38. The number of piperidine rings is 1. The number of primary amides is 1. The molecule has 6 nitrogen and oxygen atoms in total. The molecule has 2 heterocycles. The van der Waals surface area contributed by atoms with E-state index in [4.69, 9.17) is 10.5 Å². The van der Waals surface area contributed by atoms with Gasteiger partial charge in [-0.2, -0.15) is 0 Å². The Labute approximate surface area is 159 Å². The molecule has 27 heavy (non-hydrogen) atoms. The van der Waals surface area contributed by atoms with Crippen LogP contribution in [0.4, 0.5) is 0 Å². The highest BCUT2D eigenvalue weighted by molar-refractivity contribution is 5.96. The summed E-state index contributed by atoms with van der Waals surface area (Å²) in [6.07, 6.45) is 3.02. The maximum Gasteiger partial charge on any atom is 0.255 e. The van der Waals surface area contributed by atoms with Gasteiger partial charge >= 0.3 is 0 Å². The molecule has 0 radical (unpaired) electrons. The molecule has 1 fully saturated rings. The molecular weight excluding hydrogens is 342 g/mol. The second-order valence-corrected chi connectivity index (χ2v) is 7.14. The average molecular weight is 369 g/mol. The minimum Gasteiger partial charge on any atom is -0.497 e. The number of hydrogen-bond donors (Lipinski definition) is 1. The van der Waals surface area contributed by atoms with E-state index in [-0.39, 0.29) is 24.3 Å². The summed E-state index contributed by atoms with van der Waals surface area (Å²) in [6, 6.07) is 9.59. The maximum atomic E-state index is 13.3. The van der Waals surface area contributed by atoms with Crippen molar-refractivity contribution in [3.63, 3.8) is 0 Å². The van der Waals surface area contributed by atoms with Crippen LogP contribution >= 0.6 is 0 Å². The molecule has 0 saturated carbocycles. The van der Waals surface area contributed by atoms with Crippen LogP contribution in [0.5, 0.6) is 5.75 Å². The molecule has 6 heteroatoms. The number of nitrogens with zero attached hydrogens (tertiary/aromatic N) is 2. The van der Waals surface area contributed by atoms with Crippen LogP contribution in [0.1, 0.15) is 47.4 Å². The Morgan fingerprint density at radius 2 is 2.00 bits per heavy atom. The molecule has 3 rings (SSSR count). The molecule has 0 unspecified atom stereocenters. The number of ether oxygens (including phenoxy) is 1. The van der Waals surface area contributed by atoms with Gasteiger partial charge in [0.2, 0.25) is 5.91 Å². The molecule has 0 spiro atoms. The SMILES string of the molecule is COc1cccc(-n2c(C)cc(C(=O)N3CCCC[C@H]3CC(N)=O)c2C)c1. The highest BCUT2D eigenvalue weighted by Gasteiger charge is 2.30. The van der Waals surface area contributed by atoms with Crippen molar-refractivity contribution in [2.24, 2.45) is 5.73 Å². The van der Waals surface area contributed by atoms with Crippen molar-refractivity contribution < 1.29 is 14.3 Å². The van der Waals surface area contributed by atoms with Gasteiger partial charge in [-0.05, 0) is 51.3 Å². The van der Waals surface area contributed by atoms with Crippen molar-refractivity contribution in [2.45, 2.75) is 45.6 Å². The molecule has 1 aromatic heterocycles. The maximum absolute atomic E-state index is 13.3. The predicted octanol–water partition coefficient (Wildman–Crippen LogP) is 2.97. The van der Waals surface area contributed by atoms with Crippen molar-refractivity contribution in [3.05, 3.63) is 47.3 Å². The number of carbonyl (C=O) groups excluding carboxylic acids is 2. The van der Waals surface area contributed by atoms with Gasteiger partial charge in [-0.25, -0.2) is 0 Å². The van der Waals surface area contributed by atoms with Gasteiger partial charge in [0.25, 0.3) is 5.91 Å². The first-order valence-electron chi connectivity index (χ1n) is 9.35. The Hall–Kier alpha value is -2.76. The first-order chi connectivity index (χ1) is 12.9. The van der Waals surface area contributed by atoms with Crippen molar-refractivity contribution in [1.29, 1.82) is 0 Å². The Morgan fingerprint density at radius 1 is 1.22 bits per heavy atom. The number of nitrogens with two attached hydrogens (primary N) is 1. The summed E-state index contributed by atoms with van der Waals surface area (Å²) in [7, 11) is 1.64. The highest BCUT2D eigenvalue weighted by Crippen LogP contribution is 2.27. The molecule has 1 aliphatic rings. The fourth-order valence-electron chi connectivity index (χ4n) is 3.99.